The van der Waals surface area contributed by atoms with E-state index in [1.54, 1.807) is 36.7 Å². The Balaban J connectivity index is 1.33. The molecular weight excluding hydrogens is 393 g/mol. The molecular formula is C25H32FN3O2. The van der Waals surface area contributed by atoms with Crippen LogP contribution in [0.3, 0.4) is 0 Å². The molecule has 0 spiro atoms. The molecule has 166 valence electrons. The molecule has 1 atom stereocenters. The predicted octanol–water partition coefficient (Wildman–Crippen LogP) is 5.41. The van der Waals surface area contributed by atoms with Gasteiger partial charge in [-0.05, 0) is 62.3 Å². The number of amides is 1. The van der Waals surface area contributed by atoms with Gasteiger partial charge in [-0.25, -0.2) is 4.39 Å². The summed E-state index contributed by atoms with van der Waals surface area (Å²) in [5.41, 5.74) is 0.892. The van der Waals surface area contributed by atoms with E-state index in [0.29, 0.717) is 17.7 Å². The quantitative estimate of drug-likeness (QED) is 0.531. The SMILES string of the molecule is O=CN(CCC1CCCN(c2ccc(Oc3ccncc3)c(F)c2)C1)C1CCCCC1. The summed E-state index contributed by atoms with van der Waals surface area (Å²) in [6, 6.07) is 9.04. The van der Waals surface area contributed by atoms with Gasteiger partial charge in [-0.15, -0.1) is 0 Å². The highest BCUT2D eigenvalue weighted by atomic mass is 19.1. The number of anilines is 1. The van der Waals surface area contributed by atoms with Crippen molar-refractivity contribution in [2.24, 2.45) is 5.92 Å². The third kappa shape index (κ3) is 5.75. The number of hydrogen-bond donors (Lipinski definition) is 0. The van der Waals surface area contributed by atoms with Crippen LogP contribution in [-0.2, 0) is 4.79 Å². The van der Waals surface area contributed by atoms with Crippen LogP contribution in [0.4, 0.5) is 10.1 Å². The average Bonchev–Trinajstić information content (AvgIpc) is 2.82. The van der Waals surface area contributed by atoms with Gasteiger partial charge in [0.25, 0.3) is 0 Å². The molecule has 1 aliphatic carbocycles. The number of halogens is 1. The Morgan fingerprint density at radius 3 is 2.65 bits per heavy atom. The van der Waals surface area contributed by atoms with Gasteiger partial charge in [0.1, 0.15) is 5.75 Å². The van der Waals surface area contributed by atoms with E-state index in [2.05, 4.69) is 9.88 Å². The van der Waals surface area contributed by atoms with Crippen LogP contribution in [0, 0.1) is 11.7 Å². The molecule has 5 nitrogen and oxygen atoms in total. The number of carbonyl (C=O) groups is 1. The van der Waals surface area contributed by atoms with Gasteiger partial charge in [0, 0.05) is 49.8 Å². The zero-order chi connectivity index (χ0) is 21.5. The summed E-state index contributed by atoms with van der Waals surface area (Å²) in [5, 5.41) is 0. The molecule has 1 aromatic carbocycles. The van der Waals surface area contributed by atoms with E-state index < -0.39 is 0 Å². The molecule has 0 bridgehead atoms. The van der Waals surface area contributed by atoms with E-state index in [4.69, 9.17) is 4.74 Å². The fraction of sp³-hybridized carbons (Fsp3) is 0.520. The molecule has 6 heteroatoms. The Bertz CT molecular complexity index is 842. The van der Waals surface area contributed by atoms with Gasteiger partial charge in [-0.2, -0.15) is 0 Å². The molecule has 1 aromatic heterocycles. The number of nitrogens with zero attached hydrogens (tertiary/aromatic N) is 3. The molecule has 2 heterocycles. The number of pyridine rings is 1. The van der Waals surface area contributed by atoms with Gasteiger partial charge in [-0.1, -0.05) is 19.3 Å². The lowest BCUT2D eigenvalue weighted by molar-refractivity contribution is -0.121. The van der Waals surface area contributed by atoms with Crippen LogP contribution < -0.4 is 9.64 Å². The topological polar surface area (TPSA) is 45.7 Å². The third-order valence-corrected chi connectivity index (χ3v) is 6.65. The minimum atomic E-state index is -0.360. The lowest BCUT2D eigenvalue weighted by atomic mass is 9.92. The van der Waals surface area contributed by atoms with Gasteiger partial charge < -0.3 is 14.5 Å². The van der Waals surface area contributed by atoms with Gasteiger partial charge in [0.15, 0.2) is 11.6 Å². The summed E-state index contributed by atoms with van der Waals surface area (Å²) in [7, 11) is 0. The zero-order valence-corrected chi connectivity index (χ0v) is 18.1. The molecule has 1 saturated heterocycles. The standard InChI is InChI=1S/C25H32FN3O2/c26-24-17-22(8-9-25(24)31-23-10-13-27-14-11-23)28-15-4-5-20(18-28)12-16-29(19-30)21-6-2-1-3-7-21/h8-11,13-14,17,19-21H,1-7,12,15-16,18H2. The molecule has 1 unspecified atom stereocenters. The second-order valence-corrected chi connectivity index (χ2v) is 8.78. The minimum Gasteiger partial charge on any atom is -0.454 e. The number of hydrogen-bond acceptors (Lipinski definition) is 4. The summed E-state index contributed by atoms with van der Waals surface area (Å²) < 4.78 is 20.3. The number of benzene rings is 1. The van der Waals surface area contributed by atoms with Gasteiger partial charge in [0.2, 0.25) is 6.41 Å². The Kier molecular flexibility index (Phi) is 7.39. The number of ether oxygens (including phenoxy) is 1. The van der Waals surface area contributed by atoms with Crippen molar-refractivity contribution in [3.63, 3.8) is 0 Å². The van der Waals surface area contributed by atoms with Crippen molar-refractivity contribution in [2.75, 3.05) is 24.5 Å². The van der Waals surface area contributed by atoms with E-state index in [0.717, 1.165) is 57.4 Å². The molecule has 0 N–H and O–H groups in total. The average molecular weight is 426 g/mol. The monoisotopic (exact) mass is 425 g/mol. The van der Waals surface area contributed by atoms with Crippen molar-refractivity contribution in [2.45, 2.75) is 57.4 Å². The van der Waals surface area contributed by atoms with Crippen molar-refractivity contribution in [3.05, 3.63) is 48.5 Å². The van der Waals surface area contributed by atoms with Crippen molar-refractivity contribution in [1.82, 2.24) is 9.88 Å². The largest absolute Gasteiger partial charge is 0.454 e. The van der Waals surface area contributed by atoms with Crippen LogP contribution in [0.25, 0.3) is 0 Å². The van der Waals surface area contributed by atoms with Crippen molar-refractivity contribution in [1.29, 1.82) is 0 Å². The number of aromatic nitrogens is 1. The summed E-state index contributed by atoms with van der Waals surface area (Å²) in [5.74, 6) is 0.950. The fourth-order valence-electron chi connectivity index (χ4n) is 4.90. The summed E-state index contributed by atoms with van der Waals surface area (Å²) in [6.45, 7) is 2.67. The lowest BCUT2D eigenvalue weighted by Gasteiger charge is -2.37. The molecule has 2 fully saturated rings. The summed E-state index contributed by atoms with van der Waals surface area (Å²) in [6.07, 6.45) is 13.6. The molecule has 0 radical (unpaired) electrons. The molecule has 31 heavy (non-hydrogen) atoms. The molecule has 1 saturated carbocycles. The van der Waals surface area contributed by atoms with E-state index in [-0.39, 0.29) is 11.6 Å². The smallest absolute Gasteiger partial charge is 0.209 e. The van der Waals surface area contributed by atoms with Gasteiger partial charge in [0.05, 0.1) is 0 Å². The third-order valence-electron chi connectivity index (χ3n) is 6.65. The van der Waals surface area contributed by atoms with Crippen LogP contribution in [0.2, 0.25) is 0 Å². The second kappa shape index (κ2) is 10.6. The fourth-order valence-corrected chi connectivity index (χ4v) is 4.90. The van der Waals surface area contributed by atoms with Crippen LogP contribution >= 0.6 is 0 Å². The number of rotatable bonds is 8. The van der Waals surface area contributed by atoms with Gasteiger partial charge >= 0.3 is 0 Å². The van der Waals surface area contributed by atoms with Crippen LogP contribution in [0.1, 0.15) is 51.4 Å². The highest BCUT2D eigenvalue weighted by molar-refractivity contribution is 5.51. The summed E-state index contributed by atoms with van der Waals surface area (Å²) in [4.78, 5) is 19.9. The second-order valence-electron chi connectivity index (χ2n) is 8.78. The number of piperidine rings is 1. The van der Waals surface area contributed by atoms with Gasteiger partial charge in [-0.3, -0.25) is 9.78 Å². The van der Waals surface area contributed by atoms with E-state index >= 15 is 0 Å². The molecule has 4 rings (SSSR count). The molecule has 2 aromatic rings. The maximum Gasteiger partial charge on any atom is 0.209 e. The van der Waals surface area contributed by atoms with Crippen LogP contribution in [0.15, 0.2) is 42.7 Å². The summed E-state index contributed by atoms with van der Waals surface area (Å²) >= 11 is 0. The van der Waals surface area contributed by atoms with E-state index in [9.17, 15) is 9.18 Å². The Hall–Kier alpha value is -2.63. The van der Waals surface area contributed by atoms with Crippen molar-refractivity contribution >= 4 is 12.1 Å². The van der Waals surface area contributed by atoms with E-state index in [1.807, 2.05) is 11.0 Å². The zero-order valence-electron chi connectivity index (χ0n) is 18.1. The molecule has 1 aliphatic heterocycles. The Labute approximate surface area is 184 Å². The number of carbonyl (C=O) groups excluding carboxylic acids is 1. The molecule has 2 aliphatic rings. The van der Waals surface area contributed by atoms with Crippen molar-refractivity contribution < 1.29 is 13.9 Å². The Morgan fingerprint density at radius 1 is 1.10 bits per heavy atom. The first-order chi connectivity index (χ1) is 15.2. The first-order valence-electron chi connectivity index (χ1n) is 11.6. The Morgan fingerprint density at radius 2 is 1.90 bits per heavy atom. The predicted molar refractivity (Wildman–Crippen MR) is 120 cm³/mol. The highest BCUT2D eigenvalue weighted by Crippen LogP contribution is 2.31. The van der Waals surface area contributed by atoms with E-state index in [1.165, 1.54) is 25.7 Å². The minimum absolute atomic E-state index is 0.220. The maximum absolute atomic E-state index is 14.7. The lowest BCUT2D eigenvalue weighted by Crippen LogP contribution is -2.40. The molecule has 1 amide bonds. The first kappa shape index (κ1) is 21.6. The maximum atomic E-state index is 14.7. The van der Waals surface area contributed by atoms with Crippen LogP contribution in [0.5, 0.6) is 11.5 Å². The van der Waals surface area contributed by atoms with Crippen molar-refractivity contribution in [3.8, 4) is 11.5 Å². The normalized spacial score (nSPS) is 19.8. The van der Waals surface area contributed by atoms with Crippen LogP contribution in [-0.4, -0.2) is 42.0 Å². The first-order valence-corrected chi connectivity index (χ1v) is 11.6. The highest BCUT2D eigenvalue weighted by Gasteiger charge is 2.24.